The summed E-state index contributed by atoms with van der Waals surface area (Å²) in [6, 6.07) is 6.93. The molecule has 0 aliphatic carbocycles. The van der Waals surface area contributed by atoms with Crippen LogP contribution in [0.5, 0.6) is 5.75 Å². The Hall–Kier alpha value is -1.73. The maximum atomic E-state index is 8.52. The van der Waals surface area contributed by atoms with Crippen LogP contribution in [0.2, 0.25) is 0 Å². The monoisotopic (exact) mass is 191 g/mol. The van der Waals surface area contributed by atoms with Crippen molar-refractivity contribution in [3.05, 3.63) is 23.8 Å². The van der Waals surface area contributed by atoms with Gasteiger partial charge in [-0.15, -0.1) is 0 Å². The highest BCUT2D eigenvalue weighted by molar-refractivity contribution is 5.49. The molecule has 0 bridgehead atoms. The number of hydrogen-bond donors (Lipinski definition) is 2. The fourth-order valence-electron chi connectivity index (χ4n) is 1.24. The van der Waals surface area contributed by atoms with Gasteiger partial charge in [0.2, 0.25) is 0 Å². The van der Waals surface area contributed by atoms with Crippen LogP contribution in [0.25, 0.3) is 0 Å². The van der Waals surface area contributed by atoms with E-state index >= 15 is 0 Å². The van der Waals surface area contributed by atoms with Crippen molar-refractivity contribution in [3.63, 3.8) is 0 Å². The normalized spacial score (nSPS) is 11.8. The summed E-state index contributed by atoms with van der Waals surface area (Å²) in [5.74, 6) is 0.632. The molecule has 1 atom stereocenters. The molecule has 0 saturated heterocycles. The zero-order chi connectivity index (χ0) is 10.6. The van der Waals surface area contributed by atoms with E-state index in [9.17, 15) is 0 Å². The van der Waals surface area contributed by atoms with Crippen molar-refractivity contribution < 1.29 is 4.74 Å². The van der Waals surface area contributed by atoms with Gasteiger partial charge in [-0.3, -0.25) is 0 Å². The second-order valence-electron chi connectivity index (χ2n) is 2.97. The van der Waals surface area contributed by atoms with Gasteiger partial charge in [0.1, 0.15) is 5.75 Å². The van der Waals surface area contributed by atoms with Gasteiger partial charge >= 0.3 is 0 Å². The van der Waals surface area contributed by atoms with Gasteiger partial charge in [-0.25, -0.2) is 0 Å². The third-order valence-electron chi connectivity index (χ3n) is 1.97. The molecular formula is C10H13N3O. The van der Waals surface area contributed by atoms with Crippen LogP contribution in [0.1, 0.15) is 18.0 Å². The zero-order valence-corrected chi connectivity index (χ0v) is 8.03. The Kier molecular flexibility index (Phi) is 3.32. The van der Waals surface area contributed by atoms with Crippen LogP contribution in [0.3, 0.4) is 0 Å². The Labute approximate surface area is 83.1 Å². The summed E-state index contributed by atoms with van der Waals surface area (Å²) in [6.45, 7) is 0. The van der Waals surface area contributed by atoms with Crippen LogP contribution in [-0.2, 0) is 0 Å². The van der Waals surface area contributed by atoms with E-state index in [1.165, 1.54) is 0 Å². The maximum Gasteiger partial charge on any atom is 0.125 e. The van der Waals surface area contributed by atoms with Crippen molar-refractivity contribution in [1.29, 1.82) is 5.26 Å². The third kappa shape index (κ3) is 2.15. The molecule has 1 aromatic carbocycles. The summed E-state index contributed by atoms with van der Waals surface area (Å²) >= 11 is 0. The summed E-state index contributed by atoms with van der Waals surface area (Å²) < 4.78 is 5.12. The number of methoxy groups -OCH3 is 1. The minimum atomic E-state index is -0.324. The molecule has 14 heavy (non-hydrogen) atoms. The summed E-state index contributed by atoms with van der Waals surface area (Å²) in [7, 11) is 1.55. The van der Waals surface area contributed by atoms with Gasteiger partial charge in [0, 0.05) is 23.4 Å². The average Bonchev–Trinajstić information content (AvgIpc) is 2.17. The van der Waals surface area contributed by atoms with Gasteiger partial charge in [0.05, 0.1) is 19.6 Å². The van der Waals surface area contributed by atoms with Crippen LogP contribution in [-0.4, -0.2) is 7.11 Å². The fourth-order valence-corrected chi connectivity index (χ4v) is 1.24. The molecule has 0 spiro atoms. The fraction of sp³-hybridized carbons (Fsp3) is 0.300. The lowest BCUT2D eigenvalue weighted by Crippen LogP contribution is -2.10. The molecule has 0 aliphatic heterocycles. The lowest BCUT2D eigenvalue weighted by molar-refractivity contribution is 0.406. The van der Waals surface area contributed by atoms with Crippen molar-refractivity contribution in [2.45, 2.75) is 12.5 Å². The first-order valence-corrected chi connectivity index (χ1v) is 4.25. The van der Waals surface area contributed by atoms with Gasteiger partial charge in [-0.05, 0) is 6.07 Å². The highest BCUT2D eigenvalue weighted by atomic mass is 16.5. The predicted molar refractivity (Wildman–Crippen MR) is 54.6 cm³/mol. The molecule has 1 rings (SSSR count). The van der Waals surface area contributed by atoms with Crippen molar-refractivity contribution in [3.8, 4) is 11.8 Å². The number of nitrogens with zero attached hydrogens (tertiary/aromatic N) is 1. The van der Waals surface area contributed by atoms with Crippen LogP contribution in [0, 0.1) is 11.3 Å². The van der Waals surface area contributed by atoms with Crippen molar-refractivity contribution in [1.82, 2.24) is 0 Å². The summed E-state index contributed by atoms with van der Waals surface area (Å²) in [5.41, 5.74) is 12.8. The molecule has 0 amide bonds. The lowest BCUT2D eigenvalue weighted by Gasteiger charge is -2.13. The topological polar surface area (TPSA) is 85.1 Å². The molecule has 1 aromatic rings. The number of nitrogens with two attached hydrogens (primary N) is 2. The molecule has 0 unspecified atom stereocenters. The Balaban J connectivity index is 3.02. The van der Waals surface area contributed by atoms with Gasteiger partial charge in [0.15, 0.2) is 0 Å². The van der Waals surface area contributed by atoms with Crippen LogP contribution < -0.4 is 16.2 Å². The molecule has 4 heteroatoms. The van der Waals surface area contributed by atoms with E-state index in [4.69, 9.17) is 21.5 Å². The van der Waals surface area contributed by atoms with E-state index in [1.807, 2.05) is 6.07 Å². The van der Waals surface area contributed by atoms with Crippen LogP contribution in [0.15, 0.2) is 18.2 Å². The third-order valence-corrected chi connectivity index (χ3v) is 1.97. The Morgan fingerprint density at radius 1 is 1.57 bits per heavy atom. The molecule has 0 aliphatic rings. The second-order valence-corrected chi connectivity index (χ2v) is 2.97. The minimum Gasteiger partial charge on any atom is -0.496 e. The van der Waals surface area contributed by atoms with Crippen LogP contribution in [0.4, 0.5) is 5.69 Å². The predicted octanol–water partition coefficient (Wildman–Crippen LogP) is 1.19. The van der Waals surface area contributed by atoms with Gasteiger partial charge < -0.3 is 16.2 Å². The Bertz CT molecular complexity index is 357. The Morgan fingerprint density at radius 3 is 2.86 bits per heavy atom. The molecule has 0 fully saturated rings. The summed E-state index contributed by atoms with van der Waals surface area (Å²) in [4.78, 5) is 0. The molecular weight excluding hydrogens is 178 g/mol. The van der Waals surface area contributed by atoms with Gasteiger partial charge in [-0.2, -0.15) is 5.26 Å². The first-order valence-electron chi connectivity index (χ1n) is 4.25. The molecule has 0 aromatic heterocycles. The number of ether oxygens (including phenoxy) is 1. The minimum absolute atomic E-state index is 0.264. The lowest BCUT2D eigenvalue weighted by atomic mass is 10.0. The van der Waals surface area contributed by atoms with Crippen molar-refractivity contribution in [2.24, 2.45) is 5.73 Å². The van der Waals surface area contributed by atoms with E-state index in [0.29, 0.717) is 11.4 Å². The first-order chi connectivity index (χ1) is 6.69. The van der Waals surface area contributed by atoms with Gasteiger partial charge in [-0.1, -0.05) is 6.07 Å². The number of nitriles is 1. The van der Waals surface area contributed by atoms with E-state index < -0.39 is 0 Å². The highest BCUT2D eigenvalue weighted by Gasteiger charge is 2.11. The van der Waals surface area contributed by atoms with Crippen molar-refractivity contribution >= 4 is 5.69 Å². The number of anilines is 1. The van der Waals surface area contributed by atoms with E-state index in [1.54, 1.807) is 25.3 Å². The molecule has 0 heterocycles. The molecule has 0 saturated carbocycles. The van der Waals surface area contributed by atoms with Gasteiger partial charge in [0.25, 0.3) is 0 Å². The Morgan fingerprint density at radius 2 is 2.29 bits per heavy atom. The summed E-state index contributed by atoms with van der Waals surface area (Å²) in [6.07, 6.45) is 0.264. The smallest absolute Gasteiger partial charge is 0.125 e. The number of rotatable bonds is 3. The molecule has 4 N–H and O–H groups in total. The SMILES string of the molecule is COc1cc(N)ccc1[C@@H](N)CC#N. The average molecular weight is 191 g/mol. The molecule has 0 radical (unpaired) electrons. The zero-order valence-electron chi connectivity index (χ0n) is 8.03. The first kappa shape index (κ1) is 10.4. The highest BCUT2D eigenvalue weighted by Crippen LogP contribution is 2.27. The van der Waals surface area contributed by atoms with Crippen LogP contribution >= 0.6 is 0 Å². The van der Waals surface area contributed by atoms with E-state index in [0.717, 1.165) is 5.56 Å². The second kappa shape index (κ2) is 4.49. The number of nitrogen functional groups attached to an aromatic ring is 1. The molecule has 4 nitrogen and oxygen atoms in total. The van der Waals surface area contributed by atoms with Crippen molar-refractivity contribution in [2.75, 3.05) is 12.8 Å². The molecule has 74 valence electrons. The number of benzene rings is 1. The van der Waals surface area contributed by atoms with E-state index in [-0.39, 0.29) is 12.5 Å². The number of hydrogen-bond acceptors (Lipinski definition) is 4. The largest absolute Gasteiger partial charge is 0.496 e. The standard InChI is InChI=1S/C10H13N3O/c1-14-10-6-7(12)2-3-8(10)9(13)4-5-11/h2-3,6,9H,4,12-13H2,1H3/t9-/m0/s1. The van der Waals surface area contributed by atoms with E-state index in [2.05, 4.69) is 0 Å². The maximum absolute atomic E-state index is 8.52. The quantitative estimate of drug-likeness (QED) is 0.703. The summed E-state index contributed by atoms with van der Waals surface area (Å²) in [5, 5.41) is 8.52.